The lowest BCUT2D eigenvalue weighted by atomic mass is 9.83. The van der Waals surface area contributed by atoms with Crippen LogP contribution in [0, 0.1) is 5.92 Å². The number of nitrogens with one attached hydrogen (secondary N) is 1. The summed E-state index contributed by atoms with van der Waals surface area (Å²) >= 11 is 1.62. The van der Waals surface area contributed by atoms with Crippen molar-refractivity contribution in [2.75, 3.05) is 0 Å². The summed E-state index contributed by atoms with van der Waals surface area (Å²) in [6, 6.07) is 0.311. The molecule has 2 nitrogen and oxygen atoms in total. The Bertz CT molecular complexity index is 705. The van der Waals surface area contributed by atoms with Gasteiger partial charge in [-0.15, -0.1) is 0 Å². The van der Waals surface area contributed by atoms with Gasteiger partial charge in [0.2, 0.25) is 0 Å². The van der Waals surface area contributed by atoms with Crippen LogP contribution in [-0.2, 0) is 0 Å². The summed E-state index contributed by atoms with van der Waals surface area (Å²) in [7, 11) is 0. The molecule has 0 fully saturated rings. The van der Waals surface area contributed by atoms with Crippen LogP contribution in [-0.4, -0.2) is 11.9 Å². The predicted molar refractivity (Wildman–Crippen MR) is 141 cm³/mol. The largest absolute Gasteiger partial charge is 0.311 e. The molecule has 0 saturated carbocycles. The summed E-state index contributed by atoms with van der Waals surface area (Å²) < 4.78 is 3.40. The number of dihydropyridines is 1. The Kier molecular flexibility index (Phi) is 16.6. The van der Waals surface area contributed by atoms with E-state index in [0.717, 1.165) is 18.7 Å². The standard InChI is InChI=1S/C19H26N2S.C6H10.C2H6/c1-5-10-17(6-2)22-21-19-13-18(14(3)15(4)20-19)16-11-8-7-9-12-16;1-3-5-6-4-2;1-2/h5-8,10-11,13-15H,9,12H2,1-4H3,(H,20,21);3-6H,1-2H3;1-2H3/b10-5-,17-6+;5-3-,6-4-;/t14-,15+;;/m0../s1. The molecule has 0 spiro atoms. The first kappa shape index (κ1) is 28.0. The first-order chi connectivity index (χ1) is 14.6. The van der Waals surface area contributed by atoms with Crippen molar-refractivity contribution in [2.45, 2.75) is 74.3 Å². The van der Waals surface area contributed by atoms with E-state index >= 15 is 0 Å². The van der Waals surface area contributed by atoms with Crippen LogP contribution in [0.15, 0.2) is 87.9 Å². The minimum Gasteiger partial charge on any atom is -0.311 e. The van der Waals surface area contributed by atoms with Gasteiger partial charge in [0.25, 0.3) is 0 Å². The predicted octanol–water partition coefficient (Wildman–Crippen LogP) is 8.51. The van der Waals surface area contributed by atoms with Gasteiger partial charge in [-0.2, -0.15) is 0 Å². The van der Waals surface area contributed by atoms with Crippen LogP contribution >= 0.6 is 11.9 Å². The molecule has 0 unspecified atom stereocenters. The Labute approximate surface area is 190 Å². The number of nitrogens with zero attached hydrogens (tertiary/aromatic N) is 1. The zero-order chi connectivity index (χ0) is 22.8. The number of hydrogen-bond donors (Lipinski definition) is 1. The van der Waals surface area contributed by atoms with Crippen molar-refractivity contribution >= 4 is 17.8 Å². The lowest BCUT2D eigenvalue weighted by molar-refractivity contribution is 0.549. The van der Waals surface area contributed by atoms with Crippen LogP contribution in [0.1, 0.15) is 68.2 Å². The van der Waals surface area contributed by atoms with Gasteiger partial charge >= 0.3 is 0 Å². The Balaban J connectivity index is 0.000000905. The zero-order valence-corrected chi connectivity index (χ0v) is 21.1. The average molecular weight is 427 g/mol. The summed E-state index contributed by atoms with van der Waals surface area (Å²) in [5.41, 5.74) is 2.89. The van der Waals surface area contributed by atoms with E-state index in [1.807, 2.05) is 58.9 Å². The fourth-order valence-corrected chi connectivity index (χ4v) is 3.53. The van der Waals surface area contributed by atoms with Gasteiger partial charge in [0.1, 0.15) is 5.84 Å². The summed E-state index contributed by atoms with van der Waals surface area (Å²) in [5.74, 6) is 1.45. The Hall–Kier alpha value is -2.00. The van der Waals surface area contributed by atoms with E-state index in [1.165, 1.54) is 16.1 Å². The van der Waals surface area contributed by atoms with Crippen LogP contribution in [0.4, 0.5) is 0 Å². The highest BCUT2D eigenvalue weighted by Gasteiger charge is 2.24. The molecular weight excluding hydrogens is 384 g/mol. The summed E-state index contributed by atoms with van der Waals surface area (Å²) in [4.78, 5) is 5.99. The van der Waals surface area contributed by atoms with Gasteiger partial charge in [0, 0.05) is 10.8 Å². The highest BCUT2D eigenvalue weighted by atomic mass is 32.2. The average Bonchev–Trinajstić information content (AvgIpc) is 2.79. The van der Waals surface area contributed by atoms with E-state index in [2.05, 4.69) is 68.0 Å². The molecule has 0 aromatic carbocycles. The maximum Gasteiger partial charge on any atom is 0.131 e. The lowest BCUT2D eigenvalue weighted by Gasteiger charge is -2.28. The van der Waals surface area contributed by atoms with Crippen LogP contribution in [0.5, 0.6) is 0 Å². The van der Waals surface area contributed by atoms with Gasteiger partial charge in [0.05, 0.1) is 6.04 Å². The molecular formula is C27H42N2S. The summed E-state index contributed by atoms with van der Waals surface area (Å²) in [6.45, 7) is 16.6. The van der Waals surface area contributed by atoms with Crippen molar-refractivity contribution in [3.05, 3.63) is 82.9 Å². The Morgan fingerprint density at radius 2 is 1.73 bits per heavy atom. The first-order valence-electron chi connectivity index (χ1n) is 11.2. The van der Waals surface area contributed by atoms with Crippen molar-refractivity contribution in [1.82, 2.24) is 4.72 Å². The van der Waals surface area contributed by atoms with Crippen molar-refractivity contribution in [1.29, 1.82) is 0 Å². The third-order valence-corrected chi connectivity index (χ3v) is 5.54. The quantitative estimate of drug-likeness (QED) is 0.352. The maximum atomic E-state index is 4.79. The molecule has 0 amide bonds. The van der Waals surface area contributed by atoms with Crippen molar-refractivity contribution in [3.8, 4) is 0 Å². The van der Waals surface area contributed by atoms with Crippen molar-refractivity contribution in [3.63, 3.8) is 0 Å². The molecule has 2 aliphatic rings. The molecule has 0 bridgehead atoms. The smallest absolute Gasteiger partial charge is 0.131 e. The van der Waals surface area contributed by atoms with Crippen molar-refractivity contribution in [2.24, 2.45) is 10.9 Å². The second-order valence-corrected chi connectivity index (χ2v) is 7.63. The fraction of sp³-hybridized carbons (Fsp3) is 0.444. The molecule has 0 saturated heterocycles. The van der Waals surface area contributed by atoms with E-state index in [-0.39, 0.29) is 0 Å². The van der Waals surface area contributed by atoms with Crippen LogP contribution in [0.25, 0.3) is 0 Å². The van der Waals surface area contributed by atoms with E-state index in [9.17, 15) is 0 Å². The first-order valence-corrected chi connectivity index (χ1v) is 12.0. The molecule has 0 aromatic rings. The zero-order valence-electron chi connectivity index (χ0n) is 20.3. The van der Waals surface area contributed by atoms with E-state index < -0.39 is 0 Å². The van der Waals surface area contributed by atoms with Gasteiger partial charge in [-0.05, 0) is 76.6 Å². The number of rotatable bonds is 5. The molecule has 3 heteroatoms. The van der Waals surface area contributed by atoms with Crippen molar-refractivity contribution < 1.29 is 0 Å². The minimum atomic E-state index is 0.311. The molecule has 2 rings (SSSR count). The van der Waals surface area contributed by atoms with E-state index in [1.54, 1.807) is 11.9 Å². The van der Waals surface area contributed by atoms with Gasteiger partial charge in [-0.1, -0.05) is 81.5 Å². The number of allylic oxidation sites excluding steroid dienone is 11. The highest BCUT2D eigenvalue weighted by molar-refractivity contribution is 8.01. The molecule has 1 heterocycles. The molecule has 0 radical (unpaired) electrons. The number of hydrogen-bond acceptors (Lipinski definition) is 3. The molecule has 1 aliphatic carbocycles. The molecule has 0 aromatic heterocycles. The highest BCUT2D eigenvalue weighted by Crippen LogP contribution is 2.32. The summed E-state index contributed by atoms with van der Waals surface area (Å²) in [6.07, 6.45) is 25.4. The normalized spacial score (nSPS) is 21.5. The van der Waals surface area contributed by atoms with Gasteiger partial charge in [-0.3, -0.25) is 4.99 Å². The summed E-state index contributed by atoms with van der Waals surface area (Å²) in [5, 5.41) is 0. The van der Waals surface area contributed by atoms with Crippen LogP contribution in [0.3, 0.4) is 0 Å². The topological polar surface area (TPSA) is 24.4 Å². The second kappa shape index (κ2) is 17.8. The van der Waals surface area contributed by atoms with Gasteiger partial charge in [-0.25, -0.2) is 0 Å². The Morgan fingerprint density at radius 3 is 2.23 bits per heavy atom. The van der Waals surface area contributed by atoms with Crippen LogP contribution in [0.2, 0.25) is 0 Å². The fourth-order valence-electron chi connectivity index (χ4n) is 2.88. The Morgan fingerprint density at radius 1 is 1.07 bits per heavy atom. The SMILES string of the molecule is C/C=C\C(=C/C)SNC1=N[C@H](C)[C@H](C)C(C2=CC=CCC2)=C1.C/C=C\C=C/C.CC. The van der Waals surface area contributed by atoms with Gasteiger partial charge < -0.3 is 4.72 Å². The third-order valence-electron chi connectivity index (χ3n) is 4.62. The maximum absolute atomic E-state index is 4.79. The number of amidine groups is 1. The molecule has 2 atom stereocenters. The van der Waals surface area contributed by atoms with Gasteiger partial charge in [0.15, 0.2) is 0 Å². The molecule has 30 heavy (non-hydrogen) atoms. The van der Waals surface area contributed by atoms with Crippen LogP contribution < -0.4 is 4.72 Å². The second-order valence-electron chi connectivity index (χ2n) is 6.75. The monoisotopic (exact) mass is 426 g/mol. The third kappa shape index (κ3) is 10.7. The lowest BCUT2D eigenvalue weighted by Crippen LogP contribution is -2.27. The number of aliphatic imine (C=N–C) groups is 1. The van der Waals surface area contributed by atoms with E-state index in [4.69, 9.17) is 4.99 Å². The molecule has 166 valence electrons. The minimum absolute atomic E-state index is 0.311. The molecule has 1 N–H and O–H groups in total. The molecule has 1 aliphatic heterocycles. The van der Waals surface area contributed by atoms with E-state index in [0.29, 0.717) is 12.0 Å².